The van der Waals surface area contributed by atoms with Gasteiger partial charge in [0.2, 0.25) is 0 Å². The summed E-state index contributed by atoms with van der Waals surface area (Å²) in [7, 11) is 1.62. The fourth-order valence-electron chi connectivity index (χ4n) is 1.82. The maximum Gasteiger partial charge on any atom is 0.350 e. The molecule has 0 aliphatic rings. The summed E-state index contributed by atoms with van der Waals surface area (Å²) in [5.74, 6) is 0. The van der Waals surface area contributed by atoms with E-state index in [0.29, 0.717) is 6.54 Å². The minimum atomic E-state index is -0.163. The van der Waals surface area contributed by atoms with E-state index in [1.165, 1.54) is 21.9 Å². The highest BCUT2D eigenvalue weighted by molar-refractivity contribution is 5.34. The highest BCUT2D eigenvalue weighted by atomic mass is 16.2. The number of benzene rings is 1. The Morgan fingerprint density at radius 2 is 1.89 bits per heavy atom. The summed E-state index contributed by atoms with van der Waals surface area (Å²) >= 11 is 0. The van der Waals surface area contributed by atoms with Crippen molar-refractivity contribution >= 4 is 0 Å². The molecule has 0 radical (unpaired) electrons. The summed E-state index contributed by atoms with van der Waals surface area (Å²) in [5.41, 5.74) is 1.72. The van der Waals surface area contributed by atoms with Crippen molar-refractivity contribution in [2.75, 3.05) is 0 Å². The Balaban J connectivity index is 1.87. The molecule has 7 heteroatoms. The summed E-state index contributed by atoms with van der Waals surface area (Å²) in [5, 5.41) is 7.97. The molecule has 7 nitrogen and oxygen atoms in total. The van der Waals surface area contributed by atoms with Gasteiger partial charge in [-0.15, -0.1) is 0 Å². The molecule has 3 aromatic rings. The Morgan fingerprint density at radius 1 is 1.11 bits per heavy atom. The first-order chi connectivity index (χ1) is 9.24. The largest absolute Gasteiger partial charge is 0.350 e. The third-order valence-corrected chi connectivity index (χ3v) is 2.85. The first kappa shape index (κ1) is 11.4. The molecule has 19 heavy (non-hydrogen) atoms. The van der Waals surface area contributed by atoms with E-state index in [2.05, 4.69) is 15.2 Å². The molecule has 3 rings (SSSR count). The zero-order valence-corrected chi connectivity index (χ0v) is 10.3. The third-order valence-electron chi connectivity index (χ3n) is 2.85. The highest BCUT2D eigenvalue weighted by Gasteiger charge is 2.04. The maximum absolute atomic E-state index is 11.8. The lowest BCUT2D eigenvalue weighted by atomic mass is 10.2. The number of nitrogens with zero attached hydrogens (tertiary/aromatic N) is 6. The van der Waals surface area contributed by atoms with E-state index in [1.54, 1.807) is 18.1 Å². The zero-order valence-electron chi connectivity index (χ0n) is 10.3. The number of aryl methyl sites for hydroxylation is 1. The lowest BCUT2D eigenvalue weighted by Gasteiger charge is -2.03. The molecule has 0 atom stereocenters. The normalized spacial score (nSPS) is 10.8. The molecular weight excluding hydrogens is 244 g/mol. The predicted octanol–water partition coefficient (Wildman–Crippen LogP) is 0.211. The van der Waals surface area contributed by atoms with Crippen molar-refractivity contribution in [3.05, 3.63) is 59.3 Å². The molecule has 2 heterocycles. The maximum atomic E-state index is 11.8. The smallest absolute Gasteiger partial charge is 0.250 e. The van der Waals surface area contributed by atoms with E-state index < -0.39 is 0 Å². The van der Waals surface area contributed by atoms with Crippen LogP contribution in [0.4, 0.5) is 0 Å². The molecule has 0 aliphatic heterocycles. The first-order valence-electron chi connectivity index (χ1n) is 5.76. The average Bonchev–Trinajstić information content (AvgIpc) is 3.03. The third kappa shape index (κ3) is 2.17. The van der Waals surface area contributed by atoms with Gasteiger partial charge in [-0.1, -0.05) is 12.1 Å². The van der Waals surface area contributed by atoms with Crippen molar-refractivity contribution in [1.29, 1.82) is 0 Å². The second kappa shape index (κ2) is 4.52. The molecule has 0 amide bonds. The van der Waals surface area contributed by atoms with Crippen molar-refractivity contribution in [2.24, 2.45) is 7.05 Å². The van der Waals surface area contributed by atoms with Crippen LogP contribution in [0.1, 0.15) is 5.56 Å². The zero-order chi connectivity index (χ0) is 13.2. The van der Waals surface area contributed by atoms with Gasteiger partial charge in [0, 0.05) is 7.05 Å². The van der Waals surface area contributed by atoms with Gasteiger partial charge in [-0.2, -0.15) is 10.2 Å². The van der Waals surface area contributed by atoms with Crippen LogP contribution in [0.25, 0.3) is 5.69 Å². The monoisotopic (exact) mass is 256 g/mol. The average molecular weight is 256 g/mol. The van der Waals surface area contributed by atoms with Crippen LogP contribution in [0.15, 0.2) is 48.0 Å². The van der Waals surface area contributed by atoms with E-state index in [4.69, 9.17) is 0 Å². The highest BCUT2D eigenvalue weighted by Crippen LogP contribution is 2.08. The molecule has 0 saturated carbocycles. The van der Waals surface area contributed by atoms with Crippen LogP contribution in [0, 0.1) is 0 Å². The number of aromatic nitrogens is 6. The predicted molar refractivity (Wildman–Crippen MR) is 67.9 cm³/mol. The van der Waals surface area contributed by atoms with Crippen molar-refractivity contribution in [1.82, 2.24) is 29.1 Å². The topological polar surface area (TPSA) is 70.5 Å². The van der Waals surface area contributed by atoms with Gasteiger partial charge in [-0.3, -0.25) is 0 Å². The van der Waals surface area contributed by atoms with Gasteiger partial charge in [0.05, 0.1) is 12.2 Å². The first-order valence-corrected chi connectivity index (χ1v) is 5.76. The molecule has 0 bridgehead atoms. The Labute approximate surface area is 108 Å². The number of hydrogen-bond donors (Lipinski definition) is 0. The minimum Gasteiger partial charge on any atom is -0.250 e. The van der Waals surface area contributed by atoms with Crippen LogP contribution in [-0.2, 0) is 13.6 Å². The Bertz CT molecular complexity index is 722. The fourth-order valence-corrected chi connectivity index (χ4v) is 1.82. The number of hydrogen-bond acceptors (Lipinski definition) is 4. The van der Waals surface area contributed by atoms with Crippen molar-refractivity contribution in [3.8, 4) is 5.69 Å². The molecule has 0 saturated heterocycles. The van der Waals surface area contributed by atoms with Crippen LogP contribution >= 0.6 is 0 Å². The molecule has 2 aromatic heterocycles. The van der Waals surface area contributed by atoms with Crippen LogP contribution in [0.2, 0.25) is 0 Å². The number of rotatable bonds is 3. The minimum absolute atomic E-state index is 0.163. The van der Waals surface area contributed by atoms with Crippen LogP contribution < -0.4 is 5.69 Å². The molecule has 1 aromatic carbocycles. The fraction of sp³-hybridized carbons (Fsp3) is 0.167. The van der Waals surface area contributed by atoms with Gasteiger partial charge in [0.1, 0.15) is 19.0 Å². The van der Waals surface area contributed by atoms with E-state index in [0.717, 1.165) is 11.3 Å². The van der Waals surface area contributed by atoms with E-state index in [1.807, 2.05) is 24.3 Å². The summed E-state index contributed by atoms with van der Waals surface area (Å²) in [6.45, 7) is 0.655. The summed E-state index contributed by atoms with van der Waals surface area (Å²) in [6, 6.07) is 7.68. The molecule has 0 spiro atoms. The molecule has 96 valence electrons. The molecule has 0 unspecified atom stereocenters. The molecule has 0 N–H and O–H groups in total. The quantitative estimate of drug-likeness (QED) is 0.671. The van der Waals surface area contributed by atoms with Crippen molar-refractivity contribution in [3.63, 3.8) is 0 Å². The van der Waals surface area contributed by atoms with E-state index in [9.17, 15) is 4.79 Å². The van der Waals surface area contributed by atoms with Crippen LogP contribution in [0.5, 0.6) is 0 Å². The van der Waals surface area contributed by atoms with Crippen LogP contribution in [-0.4, -0.2) is 29.1 Å². The summed E-state index contributed by atoms with van der Waals surface area (Å²) in [4.78, 5) is 15.6. The molecule has 0 aliphatic carbocycles. The summed E-state index contributed by atoms with van der Waals surface area (Å²) < 4.78 is 4.54. The second-order valence-electron chi connectivity index (χ2n) is 4.17. The van der Waals surface area contributed by atoms with Gasteiger partial charge in [0.15, 0.2) is 0 Å². The van der Waals surface area contributed by atoms with E-state index in [-0.39, 0.29) is 5.69 Å². The van der Waals surface area contributed by atoms with Crippen LogP contribution in [0.3, 0.4) is 0 Å². The van der Waals surface area contributed by atoms with Gasteiger partial charge < -0.3 is 0 Å². The summed E-state index contributed by atoms with van der Waals surface area (Å²) in [6.07, 6.45) is 4.68. The lowest BCUT2D eigenvalue weighted by Crippen LogP contribution is -2.21. The van der Waals surface area contributed by atoms with Crippen molar-refractivity contribution in [2.45, 2.75) is 6.54 Å². The van der Waals surface area contributed by atoms with Gasteiger partial charge in [0.25, 0.3) is 0 Å². The Kier molecular flexibility index (Phi) is 2.71. The standard InChI is InChI=1S/C12H12N6O/c1-16-12(19)18(9-15-16)11-4-2-10(3-5-11)6-17-8-13-7-14-17/h2-5,7-9H,6H2,1H3. The molecular formula is C12H12N6O. The second-order valence-corrected chi connectivity index (χ2v) is 4.17. The van der Waals surface area contributed by atoms with E-state index >= 15 is 0 Å². The lowest BCUT2D eigenvalue weighted by molar-refractivity contribution is 0.684. The Morgan fingerprint density at radius 3 is 2.47 bits per heavy atom. The Hall–Kier alpha value is -2.70. The van der Waals surface area contributed by atoms with Crippen molar-refractivity contribution < 1.29 is 0 Å². The SMILES string of the molecule is Cn1ncn(-c2ccc(Cn3cncn3)cc2)c1=O. The van der Waals surface area contributed by atoms with Gasteiger partial charge in [-0.05, 0) is 17.7 Å². The van der Waals surface area contributed by atoms with Gasteiger partial charge >= 0.3 is 5.69 Å². The molecule has 0 fully saturated rings. The van der Waals surface area contributed by atoms with Gasteiger partial charge in [-0.25, -0.2) is 23.7 Å².